The molecule has 0 bridgehead atoms. The predicted octanol–water partition coefficient (Wildman–Crippen LogP) is 5.07. The Bertz CT molecular complexity index is 1530. The van der Waals surface area contributed by atoms with Crippen LogP contribution in [0.1, 0.15) is 49.2 Å². The first kappa shape index (κ1) is 31.2. The average molecular weight is 656 g/mol. The van der Waals surface area contributed by atoms with Crippen LogP contribution in [0.25, 0.3) is 16.9 Å². The fraction of sp³-hybridized carbons (Fsp3) is 0.429. The number of hydrazine groups is 1. The second-order valence-electron chi connectivity index (χ2n) is 10.6. The second-order valence-corrected chi connectivity index (χ2v) is 13.6. The molecule has 3 aromatic rings. The molecule has 1 unspecified atom stereocenters. The first-order valence-corrected chi connectivity index (χ1v) is 16.4. The smallest absolute Gasteiger partial charge is 0.286 e. The third kappa shape index (κ3) is 7.11. The van der Waals surface area contributed by atoms with E-state index in [1.54, 1.807) is 47.1 Å². The number of halogens is 3. The normalized spacial score (nSPS) is 20.5. The molecule has 0 saturated carbocycles. The van der Waals surface area contributed by atoms with Crippen LogP contribution in [0.4, 0.5) is 0 Å². The van der Waals surface area contributed by atoms with Crippen molar-refractivity contribution in [2.24, 2.45) is 0 Å². The van der Waals surface area contributed by atoms with E-state index >= 15 is 0 Å². The molecule has 2 fully saturated rings. The van der Waals surface area contributed by atoms with Crippen molar-refractivity contribution in [2.75, 3.05) is 26.2 Å². The number of nitrogens with one attached hydrogen (secondary N) is 2. The molecule has 5 rings (SSSR count). The quantitative estimate of drug-likeness (QED) is 0.351. The Labute approximate surface area is 261 Å². The minimum absolute atomic E-state index is 0.0722. The number of nitrogens with zero attached hydrogens (tertiary/aromatic N) is 4. The van der Waals surface area contributed by atoms with Gasteiger partial charge >= 0.3 is 0 Å². The van der Waals surface area contributed by atoms with Crippen LogP contribution in [0.2, 0.25) is 15.1 Å². The molecular weight excluding hydrogens is 623 g/mol. The number of piperidine rings is 1. The molecule has 1 amide bonds. The van der Waals surface area contributed by atoms with Crippen molar-refractivity contribution in [1.82, 2.24) is 29.2 Å². The Morgan fingerprint density at radius 3 is 2.26 bits per heavy atom. The van der Waals surface area contributed by atoms with Gasteiger partial charge in [-0.05, 0) is 57.0 Å². The number of hydrogen-bond acceptors (Lipinski definition) is 6. The Kier molecular flexibility index (Phi) is 9.80. The van der Waals surface area contributed by atoms with Crippen molar-refractivity contribution in [3.8, 4) is 16.9 Å². The van der Waals surface area contributed by atoms with E-state index in [0.29, 0.717) is 37.6 Å². The van der Waals surface area contributed by atoms with Crippen molar-refractivity contribution >= 4 is 50.9 Å². The van der Waals surface area contributed by atoms with E-state index in [2.05, 4.69) is 10.1 Å². The van der Waals surface area contributed by atoms with E-state index < -0.39 is 16.1 Å². The van der Waals surface area contributed by atoms with Crippen LogP contribution in [-0.4, -0.2) is 71.8 Å². The van der Waals surface area contributed by atoms with Gasteiger partial charge in [0.15, 0.2) is 5.69 Å². The lowest BCUT2D eigenvalue weighted by atomic mass is 10.0. The minimum Gasteiger partial charge on any atom is -0.373 e. The van der Waals surface area contributed by atoms with E-state index in [0.717, 1.165) is 32.4 Å². The lowest BCUT2D eigenvalue weighted by Gasteiger charge is -2.34. The maximum Gasteiger partial charge on any atom is 0.286 e. The van der Waals surface area contributed by atoms with Crippen molar-refractivity contribution < 1.29 is 17.9 Å². The van der Waals surface area contributed by atoms with Crippen LogP contribution in [-0.2, 0) is 21.5 Å². The minimum atomic E-state index is -3.93. The van der Waals surface area contributed by atoms with Crippen LogP contribution in [0.3, 0.4) is 0 Å². The van der Waals surface area contributed by atoms with Gasteiger partial charge in [-0.25, -0.2) is 9.69 Å². The maximum atomic E-state index is 13.8. The Balaban J connectivity index is 1.60. The zero-order valence-electron chi connectivity index (χ0n) is 23.3. The third-order valence-electron chi connectivity index (χ3n) is 7.23. The van der Waals surface area contributed by atoms with Crippen LogP contribution < -0.4 is 10.1 Å². The summed E-state index contributed by atoms with van der Waals surface area (Å²) in [6, 6.07) is 12.0. The Morgan fingerprint density at radius 1 is 0.976 bits per heavy atom. The van der Waals surface area contributed by atoms with Gasteiger partial charge in [0.05, 0.1) is 28.6 Å². The number of rotatable bonds is 8. The molecule has 2 aromatic carbocycles. The zero-order valence-corrected chi connectivity index (χ0v) is 26.4. The number of morpholine rings is 1. The van der Waals surface area contributed by atoms with Crippen LogP contribution in [0.15, 0.2) is 42.5 Å². The summed E-state index contributed by atoms with van der Waals surface area (Å²) in [5.74, 6) is -0.446. The zero-order chi connectivity index (χ0) is 30.0. The maximum absolute atomic E-state index is 13.8. The molecule has 14 heteroatoms. The summed E-state index contributed by atoms with van der Waals surface area (Å²) in [4.78, 5) is 13.8. The van der Waals surface area contributed by atoms with Gasteiger partial charge in [0.25, 0.3) is 16.1 Å². The average Bonchev–Trinajstić information content (AvgIpc) is 3.32. The number of carbonyl (C=O) groups is 1. The number of hydrogen-bond donors (Lipinski definition) is 2. The summed E-state index contributed by atoms with van der Waals surface area (Å²) >= 11 is 19.0. The lowest BCUT2D eigenvalue weighted by Crippen LogP contribution is -2.51. The number of aromatic nitrogens is 2. The topological polar surface area (TPSA) is 109 Å². The van der Waals surface area contributed by atoms with Crippen LogP contribution in [0, 0.1) is 0 Å². The number of benzene rings is 2. The number of ether oxygens (including phenoxy) is 1. The van der Waals surface area contributed by atoms with E-state index in [1.165, 1.54) is 4.31 Å². The van der Waals surface area contributed by atoms with Crippen molar-refractivity contribution in [1.29, 1.82) is 0 Å². The van der Waals surface area contributed by atoms with Crippen molar-refractivity contribution in [3.63, 3.8) is 0 Å². The summed E-state index contributed by atoms with van der Waals surface area (Å²) in [5.41, 5.74) is 5.05. The van der Waals surface area contributed by atoms with E-state index in [9.17, 15) is 13.2 Å². The molecular formula is C28H33Cl3N6O4S. The van der Waals surface area contributed by atoms with Gasteiger partial charge in [-0.1, -0.05) is 53.4 Å². The van der Waals surface area contributed by atoms with Gasteiger partial charge in [0.1, 0.15) is 0 Å². The van der Waals surface area contributed by atoms with Gasteiger partial charge in [-0.2, -0.15) is 22.5 Å². The SMILES string of the molecule is CC1CN(S(=O)(=O)NCc2c(C(=O)NN3CCCCC3)nn(-c3ccc(Cl)cc3Cl)c2-c2ccc(Cl)cc2)C[C@@H](C)O1. The lowest BCUT2D eigenvalue weighted by molar-refractivity contribution is -0.0444. The molecule has 10 nitrogen and oxygen atoms in total. The fourth-order valence-electron chi connectivity index (χ4n) is 5.32. The molecule has 0 spiro atoms. The van der Waals surface area contributed by atoms with E-state index in [-0.39, 0.29) is 37.5 Å². The monoisotopic (exact) mass is 654 g/mol. The van der Waals surface area contributed by atoms with Crippen molar-refractivity contribution in [3.05, 3.63) is 68.8 Å². The predicted molar refractivity (Wildman–Crippen MR) is 164 cm³/mol. The Hall–Kier alpha value is -2.22. The van der Waals surface area contributed by atoms with Gasteiger partial charge in [0, 0.05) is 53.9 Å². The van der Waals surface area contributed by atoms with Gasteiger partial charge < -0.3 is 4.74 Å². The van der Waals surface area contributed by atoms with E-state index in [1.807, 2.05) is 18.9 Å². The molecule has 2 saturated heterocycles. The molecule has 2 atom stereocenters. The summed E-state index contributed by atoms with van der Waals surface area (Å²) in [6.07, 6.45) is 2.52. The molecule has 3 heterocycles. The van der Waals surface area contributed by atoms with Crippen molar-refractivity contribution in [2.45, 2.75) is 51.9 Å². The molecule has 1 aromatic heterocycles. The fourth-order valence-corrected chi connectivity index (χ4v) is 7.25. The summed E-state index contributed by atoms with van der Waals surface area (Å²) < 4.78 is 38.3. The summed E-state index contributed by atoms with van der Waals surface area (Å²) in [5, 5.41) is 7.86. The van der Waals surface area contributed by atoms with Crippen LogP contribution >= 0.6 is 34.8 Å². The molecule has 226 valence electrons. The van der Waals surface area contributed by atoms with Gasteiger partial charge in [-0.15, -0.1) is 0 Å². The largest absolute Gasteiger partial charge is 0.373 e. The third-order valence-corrected chi connectivity index (χ3v) is 9.50. The van der Waals surface area contributed by atoms with Gasteiger partial charge in [0.2, 0.25) is 0 Å². The molecule has 0 aliphatic carbocycles. The highest BCUT2D eigenvalue weighted by atomic mass is 35.5. The first-order chi connectivity index (χ1) is 20.0. The van der Waals surface area contributed by atoms with Crippen LogP contribution in [0.5, 0.6) is 0 Å². The molecule has 42 heavy (non-hydrogen) atoms. The number of amides is 1. The second kappa shape index (κ2) is 13.2. The molecule has 2 aliphatic rings. The Morgan fingerprint density at radius 2 is 1.62 bits per heavy atom. The van der Waals surface area contributed by atoms with Gasteiger partial charge in [-0.3, -0.25) is 10.2 Å². The molecule has 0 radical (unpaired) electrons. The number of carbonyl (C=O) groups excluding carboxylic acids is 1. The first-order valence-electron chi connectivity index (χ1n) is 13.8. The standard InChI is InChI=1S/C28H33Cl3N6O4S/c1-18-16-36(17-19(2)41-18)42(39,40)32-15-23-26(28(38)34-35-12-4-3-5-13-35)33-37(25-11-10-22(30)14-24(25)31)27(23)20-6-8-21(29)9-7-20/h6-11,14,18-19,32H,3-5,12-13,15-17H2,1-2H3,(H,34,38)/t18-,19?/m1/s1. The molecule has 2 N–H and O–H groups in total. The summed E-state index contributed by atoms with van der Waals surface area (Å²) in [7, 11) is -3.93. The molecule has 2 aliphatic heterocycles. The summed E-state index contributed by atoms with van der Waals surface area (Å²) in [6.45, 7) is 5.33. The van der Waals surface area contributed by atoms with E-state index in [4.69, 9.17) is 44.6 Å². The highest BCUT2D eigenvalue weighted by Crippen LogP contribution is 2.34. The highest BCUT2D eigenvalue weighted by molar-refractivity contribution is 7.87. The highest BCUT2D eigenvalue weighted by Gasteiger charge is 2.33.